The van der Waals surface area contributed by atoms with Crippen molar-refractivity contribution in [2.24, 2.45) is 0 Å². The van der Waals surface area contributed by atoms with Gasteiger partial charge in [-0.25, -0.2) is 8.42 Å². The first kappa shape index (κ1) is 19.7. The van der Waals surface area contributed by atoms with E-state index in [1.807, 2.05) is 0 Å². The van der Waals surface area contributed by atoms with Crippen molar-refractivity contribution in [3.63, 3.8) is 0 Å². The summed E-state index contributed by atoms with van der Waals surface area (Å²) in [5.74, 6) is -1.35. The Balaban J connectivity index is 1.98. The Morgan fingerprint density at radius 2 is 1.92 bits per heavy atom. The van der Waals surface area contributed by atoms with E-state index in [-0.39, 0.29) is 10.8 Å². The minimum atomic E-state index is -3.62. The Labute approximate surface area is 155 Å². The van der Waals surface area contributed by atoms with E-state index in [0.29, 0.717) is 11.4 Å². The summed E-state index contributed by atoms with van der Waals surface area (Å²) in [5.41, 5.74) is 0.440. The SMILES string of the molecule is CC(NC(=O)COc1ccc(N(C)S(=O)(=O)c2cccs2)cc1)C(=O)O. The van der Waals surface area contributed by atoms with E-state index in [4.69, 9.17) is 9.84 Å². The number of carbonyl (C=O) groups excluding carboxylic acids is 1. The number of aliphatic carboxylic acids is 1. The Hall–Kier alpha value is -2.59. The van der Waals surface area contributed by atoms with Gasteiger partial charge in [-0.3, -0.25) is 13.9 Å². The number of hydrogen-bond acceptors (Lipinski definition) is 6. The zero-order valence-electron chi connectivity index (χ0n) is 14.1. The van der Waals surface area contributed by atoms with E-state index in [9.17, 15) is 18.0 Å². The van der Waals surface area contributed by atoms with Gasteiger partial charge < -0.3 is 15.2 Å². The van der Waals surface area contributed by atoms with Crippen LogP contribution in [0, 0.1) is 0 Å². The van der Waals surface area contributed by atoms with Gasteiger partial charge in [0, 0.05) is 7.05 Å². The highest BCUT2D eigenvalue weighted by molar-refractivity contribution is 7.94. The molecule has 26 heavy (non-hydrogen) atoms. The molecule has 0 aliphatic rings. The number of carboxylic acids is 1. The van der Waals surface area contributed by atoms with Crippen molar-refractivity contribution in [2.45, 2.75) is 17.2 Å². The molecule has 1 atom stereocenters. The highest BCUT2D eigenvalue weighted by atomic mass is 32.2. The number of anilines is 1. The van der Waals surface area contributed by atoms with Gasteiger partial charge in [-0.1, -0.05) is 6.07 Å². The number of nitrogens with zero attached hydrogens (tertiary/aromatic N) is 1. The zero-order chi connectivity index (χ0) is 19.3. The predicted octanol–water partition coefficient (Wildman–Crippen LogP) is 1.54. The highest BCUT2D eigenvalue weighted by Crippen LogP contribution is 2.26. The first-order valence-electron chi connectivity index (χ1n) is 7.49. The lowest BCUT2D eigenvalue weighted by Gasteiger charge is -2.18. The molecule has 8 nitrogen and oxygen atoms in total. The normalized spacial score (nSPS) is 12.2. The molecule has 1 heterocycles. The average Bonchev–Trinajstić information content (AvgIpc) is 3.15. The molecule has 0 aliphatic heterocycles. The molecule has 0 radical (unpaired) electrons. The summed E-state index contributed by atoms with van der Waals surface area (Å²) in [4.78, 5) is 22.3. The Bertz CT molecular complexity index is 863. The number of amides is 1. The molecule has 1 aromatic carbocycles. The Morgan fingerprint density at radius 3 is 2.46 bits per heavy atom. The number of ether oxygens (including phenoxy) is 1. The smallest absolute Gasteiger partial charge is 0.325 e. The molecule has 0 aliphatic carbocycles. The summed E-state index contributed by atoms with van der Waals surface area (Å²) in [7, 11) is -2.17. The van der Waals surface area contributed by atoms with Crippen LogP contribution in [0.25, 0.3) is 0 Å². The molecule has 1 unspecified atom stereocenters. The largest absolute Gasteiger partial charge is 0.484 e. The van der Waals surface area contributed by atoms with Gasteiger partial charge in [-0.15, -0.1) is 11.3 Å². The lowest BCUT2D eigenvalue weighted by atomic mass is 10.3. The molecule has 0 spiro atoms. The van der Waals surface area contributed by atoms with Crippen LogP contribution < -0.4 is 14.4 Å². The molecule has 2 rings (SSSR count). The van der Waals surface area contributed by atoms with Crippen LogP contribution in [0.2, 0.25) is 0 Å². The van der Waals surface area contributed by atoms with Crippen molar-refractivity contribution in [3.05, 3.63) is 41.8 Å². The summed E-state index contributed by atoms with van der Waals surface area (Å²) in [6.07, 6.45) is 0. The van der Waals surface area contributed by atoms with Gasteiger partial charge in [0.15, 0.2) is 6.61 Å². The maximum absolute atomic E-state index is 12.5. The highest BCUT2D eigenvalue weighted by Gasteiger charge is 2.22. The second-order valence-corrected chi connectivity index (χ2v) is 8.46. The third-order valence-electron chi connectivity index (χ3n) is 3.43. The molecule has 0 saturated heterocycles. The third-order valence-corrected chi connectivity index (χ3v) is 6.59. The van der Waals surface area contributed by atoms with Gasteiger partial charge in [-0.05, 0) is 42.6 Å². The van der Waals surface area contributed by atoms with Gasteiger partial charge >= 0.3 is 5.97 Å². The third kappa shape index (κ3) is 4.73. The minimum absolute atomic E-state index is 0.240. The van der Waals surface area contributed by atoms with Crippen molar-refractivity contribution in [1.82, 2.24) is 5.32 Å². The molecule has 2 N–H and O–H groups in total. The zero-order valence-corrected chi connectivity index (χ0v) is 15.7. The number of hydrogen-bond donors (Lipinski definition) is 2. The van der Waals surface area contributed by atoms with Crippen molar-refractivity contribution in [2.75, 3.05) is 18.0 Å². The molecular weight excluding hydrogens is 380 g/mol. The fourth-order valence-electron chi connectivity index (χ4n) is 1.93. The molecule has 0 fully saturated rings. The second-order valence-electron chi connectivity index (χ2n) is 5.31. The van der Waals surface area contributed by atoms with Crippen LogP contribution in [0.3, 0.4) is 0 Å². The molecular formula is C16H18N2O6S2. The van der Waals surface area contributed by atoms with Crippen LogP contribution in [0.1, 0.15) is 6.92 Å². The van der Waals surface area contributed by atoms with Crippen molar-refractivity contribution in [3.8, 4) is 5.75 Å². The lowest BCUT2D eigenvalue weighted by Crippen LogP contribution is -2.40. The first-order valence-corrected chi connectivity index (χ1v) is 9.81. The van der Waals surface area contributed by atoms with Crippen LogP contribution in [0.4, 0.5) is 5.69 Å². The lowest BCUT2D eigenvalue weighted by molar-refractivity contribution is -0.141. The van der Waals surface area contributed by atoms with Crippen LogP contribution in [-0.2, 0) is 19.6 Å². The van der Waals surface area contributed by atoms with E-state index in [0.717, 1.165) is 15.6 Å². The van der Waals surface area contributed by atoms with Gasteiger partial charge in [0.25, 0.3) is 15.9 Å². The molecule has 1 aromatic heterocycles. The van der Waals surface area contributed by atoms with E-state index in [1.165, 1.54) is 32.2 Å². The van der Waals surface area contributed by atoms with Crippen LogP contribution >= 0.6 is 11.3 Å². The maximum atomic E-state index is 12.5. The van der Waals surface area contributed by atoms with Crippen molar-refractivity contribution >= 4 is 38.9 Å². The molecule has 1 amide bonds. The van der Waals surface area contributed by atoms with Crippen LogP contribution in [-0.4, -0.2) is 45.1 Å². The molecule has 140 valence electrons. The average molecular weight is 398 g/mol. The Morgan fingerprint density at radius 1 is 1.27 bits per heavy atom. The number of carbonyl (C=O) groups is 2. The summed E-state index contributed by atoms with van der Waals surface area (Å²) in [6.45, 7) is 0.999. The Kier molecular flexibility index (Phi) is 6.22. The first-order chi connectivity index (χ1) is 12.2. The summed E-state index contributed by atoms with van der Waals surface area (Å²) < 4.78 is 31.6. The minimum Gasteiger partial charge on any atom is -0.484 e. The monoisotopic (exact) mass is 398 g/mol. The number of sulfonamides is 1. The number of thiophene rings is 1. The van der Waals surface area contributed by atoms with Gasteiger partial charge in [0.05, 0.1) is 5.69 Å². The second kappa shape index (κ2) is 8.19. The van der Waals surface area contributed by atoms with Gasteiger partial charge in [0.1, 0.15) is 16.0 Å². The summed E-state index contributed by atoms with van der Waals surface area (Å²) in [5, 5.41) is 12.7. The van der Waals surface area contributed by atoms with E-state index in [2.05, 4.69) is 5.32 Å². The number of rotatable bonds is 8. The standard InChI is InChI=1S/C16H18N2O6S2/c1-11(16(20)21)17-14(19)10-24-13-7-5-12(6-8-13)18(2)26(22,23)15-4-3-9-25-15/h3-9,11H,10H2,1-2H3,(H,17,19)(H,20,21). The van der Waals surface area contributed by atoms with Gasteiger partial charge in [-0.2, -0.15) is 0 Å². The summed E-state index contributed by atoms with van der Waals surface area (Å²) in [6, 6.07) is 8.36. The fraction of sp³-hybridized carbons (Fsp3) is 0.250. The number of benzene rings is 1. The number of carboxylic acid groups (broad SMARTS) is 1. The maximum Gasteiger partial charge on any atom is 0.325 e. The van der Waals surface area contributed by atoms with Crippen LogP contribution in [0.5, 0.6) is 5.75 Å². The van der Waals surface area contributed by atoms with Crippen LogP contribution in [0.15, 0.2) is 46.0 Å². The fourth-order valence-corrected chi connectivity index (χ4v) is 4.29. The van der Waals surface area contributed by atoms with E-state index < -0.39 is 27.9 Å². The molecule has 0 saturated carbocycles. The molecule has 2 aromatic rings. The van der Waals surface area contributed by atoms with Crippen molar-refractivity contribution in [1.29, 1.82) is 0 Å². The predicted molar refractivity (Wildman–Crippen MR) is 97.1 cm³/mol. The topological polar surface area (TPSA) is 113 Å². The van der Waals surface area contributed by atoms with Crippen molar-refractivity contribution < 1.29 is 27.9 Å². The van der Waals surface area contributed by atoms with E-state index >= 15 is 0 Å². The molecule has 0 bridgehead atoms. The number of nitrogens with one attached hydrogen (secondary N) is 1. The van der Waals surface area contributed by atoms with Gasteiger partial charge in [0.2, 0.25) is 0 Å². The summed E-state index contributed by atoms with van der Waals surface area (Å²) >= 11 is 1.13. The quantitative estimate of drug-likeness (QED) is 0.697. The molecule has 10 heteroatoms. The van der Waals surface area contributed by atoms with E-state index in [1.54, 1.807) is 23.6 Å².